The van der Waals surface area contributed by atoms with Crippen LogP contribution in [0.5, 0.6) is 6.08 Å². The monoisotopic (exact) mass is 179 g/mol. The normalized spacial score (nSPS) is 10.7. The van der Waals surface area contributed by atoms with E-state index in [-0.39, 0.29) is 18.4 Å². The predicted octanol–water partition coefficient (Wildman–Crippen LogP) is 0.811. The van der Waals surface area contributed by atoms with E-state index in [4.69, 9.17) is 5.11 Å². The molecule has 0 aliphatic heterocycles. The Labute approximate surface area is 66.8 Å². The second-order valence-corrected chi connectivity index (χ2v) is 1.96. The molecule has 0 unspecified atom stereocenters. The second-order valence-electron chi connectivity index (χ2n) is 1.96. The van der Waals surface area contributed by atoms with Crippen molar-refractivity contribution in [3.05, 3.63) is 12.0 Å². The number of aliphatic hydroxyl groups excluding tert-OH is 1. The molecular weight excluding hydrogens is 172 g/mol. The first-order chi connectivity index (χ1) is 5.72. The zero-order valence-electron chi connectivity index (χ0n) is 6.04. The number of hydrogen-bond acceptors (Lipinski definition) is 4. The van der Waals surface area contributed by atoms with Crippen molar-refractivity contribution < 1.29 is 23.0 Å². The zero-order chi connectivity index (χ0) is 8.97. The minimum Gasteiger partial charge on any atom is -0.444 e. The van der Waals surface area contributed by atoms with Crippen LogP contribution in [0.4, 0.5) is 8.78 Å². The Kier molecular flexibility index (Phi) is 2.98. The summed E-state index contributed by atoms with van der Waals surface area (Å²) in [6, 6.07) is 0. The Morgan fingerprint density at radius 2 is 2.42 bits per heavy atom. The van der Waals surface area contributed by atoms with Gasteiger partial charge in [-0.3, -0.25) is 0 Å². The molecule has 0 atom stereocenters. The summed E-state index contributed by atoms with van der Waals surface area (Å²) in [6.45, 7) is -1.06. The van der Waals surface area contributed by atoms with Crippen LogP contribution in [0.1, 0.15) is 5.69 Å². The minimum atomic E-state index is -2.56. The number of ether oxygens (including phenoxy) is 1. The van der Waals surface area contributed by atoms with E-state index in [1.165, 1.54) is 0 Å². The van der Waals surface area contributed by atoms with Gasteiger partial charge in [-0.2, -0.15) is 4.98 Å². The van der Waals surface area contributed by atoms with Crippen molar-refractivity contribution in [3.8, 4) is 6.08 Å². The Balaban J connectivity index is 2.41. The molecule has 6 heteroatoms. The van der Waals surface area contributed by atoms with E-state index in [1.54, 1.807) is 0 Å². The number of halogens is 2. The topological polar surface area (TPSA) is 55.5 Å². The molecule has 1 aromatic rings. The van der Waals surface area contributed by atoms with Crippen LogP contribution >= 0.6 is 0 Å². The average molecular weight is 179 g/mol. The molecule has 1 heterocycles. The summed E-state index contributed by atoms with van der Waals surface area (Å²) in [4.78, 5) is 3.53. The summed E-state index contributed by atoms with van der Waals surface area (Å²) < 4.78 is 32.1. The standard InChI is InChI=1S/C6H7F2NO3/c7-5(8)3-12-6-9-4(1-10)2-11-6/h2,5,10H,1,3H2. The summed E-state index contributed by atoms with van der Waals surface area (Å²) in [6.07, 6.45) is -1.67. The lowest BCUT2D eigenvalue weighted by Crippen LogP contribution is -2.07. The van der Waals surface area contributed by atoms with Crippen LogP contribution in [0.2, 0.25) is 0 Å². The molecule has 0 aliphatic carbocycles. The first kappa shape index (κ1) is 8.92. The van der Waals surface area contributed by atoms with Crippen molar-refractivity contribution in [2.45, 2.75) is 13.0 Å². The minimum absolute atomic E-state index is 0.249. The molecule has 68 valence electrons. The molecule has 0 saturated heterocycles. The van der Waals surface area contributed by atoms with Crippen LogP contribution in [0.15, 0.2) is 10.7 Å². The van der Waals surface area contributed by atoms with Crippen molar-refractivity contribution in [1.29, 1.82) is 0 Å². The van der Waals surface area contributed by atoms with Crippen molar-refractivity contribution in [1.82, 2.24) is 4.98 Å². The van der Waals surface area contributed by atoms with Gasteiger partial charge in [-0.1, -0.05) is 0 Å². The molecule has 0 fully saturated rings. The number of aliphatic hydroxyl groups is 1. The predicted molar refractivity (Wildman–Crippen MR) is 33.9 cm³/mol. The van der Waals surface area contributed by atoms with E-state index in [2.05, 4.69) is 14.1 Å². The third kappa shape index (κ3) is 2.46. The fourth-order valence-corrected chi connectivity index (χ4v) is 0.562. The molecule has 1 aromatic heterocycles. The number of hydrogen-bond donors (Lipinski definition) is 1. The van der Waals surface area contributed by atoms with Gasteiger partial charge in [0.1, 0.15) is 12.0 Å². The van der Waals surface area contributed by atoms with Gasteiger partial charge < -0.3 is 14.3 Å². The largest absolute Gasteiger partial charge is 0.444 e. The van der Waals surface area contributed by atoms with Gasteiger partial charge in [0, 0.05) is 0 Å². The fraction of sp³-hybridized carbons (Fsp3) is 0.500. The van der Waals surface area contributed by atoms with Crippen molar-refractivity contribution in [2.75, 3.05) is 6.61 Å². The van der Waals surface area contributed by atoms with Gasteiger partial charge in [0.2, 0.25) is 0 Å². The van der Waals surface area contributed by atoms with Crippen LogP contribution in [-0.2, 0) is 6.61 Å². The van der Waals surface area contributed by atoms with Crippen molar-refractivity contribution >= 4 is 0 Å². The molecule has 0 aromatic carbocycles. The van der Waals surface area contributed by atoms with Crippen LogP contribution in [0.3, 0.4) is 0 Å². The Hall–Kier alpha value is -1.17. The quantitative estimate of drug-likeness (QED) is 0.743. The van der Waals surface area contributed by atoms with Gasteiger partial charge >= 0.3 is 6.08 Å². The Bertz CT molecular complexity index is 238. The fourth-order valence-electron chi connectivity index (χ4n) is 0.562. The molecule has 0 saturated carbocycles. The van der Waals surface area contributed by atoms with E-state index in [9.17, 15) is 8.78 Å². The van der Waals surface area contributed by atoms with Crippen molar-refractivity contribution in [3.63, 3.8) is 0 Å². The maximum atomic E-state index is 11.6. The van der Waals surface area contributed by atoms with Gasteiger partial charge in [-0.15, -0.1) is 0 Å². The maximum absolute atomic E-state index is 11.6. The molecule has 0 aliphatic rings. The molecule has 1 N–H and O–H groups in total. The summed E-state index contributed by atoms with van der Waals surface area (Å²) in [5, 5.41) is 8.50. The van der Waals surface area contributed by atoms with Gasteiger partial charge in [0.25, 0.3) is 6.43 Å². The number of oxazole rings is 1. The highest BCUT2D eigenvalue weighted by Gasteiger charge is 2.07. The molecule has 0 radical (unpaired) electrons. The lowest BCUT2D eigenvalue weighted by Gasteiger charge is -1.97. The highest BCUT2D eigenvalue weighted by Crippen LogP contribution is 2.10. The number of aromatic nitrogens is 1. The van der Waals surface area contributed by atoms with E-state index in [1.807, 2.05) is 0 Å². The average Bonchev–Trinajstić information content (AvgIpc) is 2.48. The van der Waals surface area contributed by atoms with E-state index < -0.39 is 13.0 Å². The number of rotatable bonds is 4. The smallest absolute Gasteiger partial charge is 0.393 e. The highest BCUT2D eigenvalue weighted by molar-refractivity contribution is 4.97. The van der Waals surface area contributed by atoms with Gasteiger partial charge in [-0.05, 0) is 0 Å². The van der Waals surface area contributed by atoms with Crippen LogP contribution in [-0.4, -0.2) is 23.1 Å². The summed E-state index contributed by atoms with van der Waals surface area (Å²) >= 11 is 0. The summed E-state index contributed by atoms with van der Waals surface area (Å²) in [5.74, 6) is 0. The van der Waals surface area contributed by atoms with Crippen LogP contribution in [0, 0.1) is 0 Å². The first-order valence-corrected chi connectivity index (χ1v) is 3.18. The molecule has 0 bridgehead atoms. The lowest BCUT2D eigenvalue weighted by molar-refractivity contribution is 0.0658. The maximum Gasteiger partial charge on any atom is 0.393 e. The molecule has 12 heavy (non-hydrogen) atoms. The molecule has 4 nitrogen and oxygen atoms in total. The van der Waals surface area contributed by atoms with E-state index >= 15 is 0 Å². The Morgan fingerprint density at radius 1 is 1.67 bits per heavy atom. The van der Waals surface area contributed by atoms with E-state index in [0.717, 1.165) is 6.26 Å². The molecular formula is C6H7F2NO3. The molecule has 0 spiro atoms. The molecule has 1 rings (SSSR count). The number of nitrogens with zero attached hydrogens (tertiary/aromatic N) is 1. The van der Waals surface area contributed by atoms with Gasteiger partial charge in [0.15, 0.2) is 6.61 Å². The van der Waals surface area contributed by atoms with Crippen LogP contribution < -0.4 is 4.74 Å². The summed E-state index contributed by atoms with van der Waals surface area (Å²) in [7, 11) is 0. The third-order valence-electron chi connectivity index (χ3n) is 1.03. The molecule has 0 amide bonds. The Morgan fingerprint density at radius 3 is 2.92 bits per heavy atom. The summed E-state index contributed by atoms with van der Waals surface area (Å²) in [5.41, 5.74) is 0.249. The number of alkyl halides is 2. The highest BCUT2D eigenvalue weighted by atomic mass is 19.3. The first-order valence-electron chi connectivity index (χ1n) is 3.18. The lowest BCUT2D eigenvalue weighted by atomic mass is 10.5. The van der Waals surface area contributed by atoms with Crippen LogP contribution in [0.25, 0.3) is 0 Å². The van der Waals surface area contributed by atoms with Gasteiger partial charge in [-0.25, -0.2) is 8.78 Å². The SMILES string of the molecule is OCc1coc(OCC(F)F)n1. The van der Waals surface area contributed by atoms with Crippen molar-refractivity contribution in [2.24, 2.45) is 0 Å². The second kappa shape index (κ2) is 4.01. The van der Waals surface area contributed by atoms with E-state index in [0.29, 0.717) is 0 Å². The third-order valence-corrected chi connectivity index (χ3v) is 1.03. The van der Waals surface area contributed by atoms with Gasteiger partial charge in [0.05, 0.1) is 6.61 Å². The zero-order valence-corrected chi connectivity index (χ0v) is 6.04.